The summed E-state index contributed by atoms with van der Waals surface area (Å²) in [6, 6.07) is 15.2. The van der Waals surface area contributed by atoms with Crippen LogP contribution in [0.5, 0.6) is 0 Å². The Labute approximate surface area is 182 Å². The van der Waals surface area contributed by atoms with Gasteiger partial charge in [-0.1, -0.05) is 34.1 Å². The smallest absolute Gasteiger partial charge is 0.300 e. The molecule has 0 bridgehead atoms. The lowest BCUT2D eigenvalue weighted by Gasteiger charge is -2.24. The molecule has 0 aliphatic carbocycles. The molecule has 1 atom stereocenters. The first-order chi connectivity index (χ1) is 14.3. The molecule has 1 N–H and O–H groups in total. The number of ketones is 1. The number of aliphatic hydroxyl groups excluding tert-OH is 1. The fourth-order valence-electron chi connectivity index (χ4n) is 3.82. The van der Waals surface area contributed by atoms with E-state index in [1.807, 2.05) is 32.0 Å². The maximum atomic E-state index is 13.1. The summed E-state index contributed by atoms with van der Waals surface area (Å²) in [5.74, 6) is -0.595. The molecule has 1 aromatic heterocycles. The molecule has 2 heterocycles. The molecule has 1 unspecified atom stereocenters. The molecule has 3 aromatic rings. The van der Waals surface area contributed by atoms with Gasteiger partial charge in [-0.2, -0.15) is 0 Å². The number of anilines is 1. The molecule has 0 spiro atoms. The average molecular weight is 466 g/mol. The van der Waals surface area contributed by atoms with Gasteiger partial charge in [-0.15, -0.1) is 0 Å². The zero-order chi connectivity index (χ0) is 21.6. The standard InChI is InChI=1S/C24H20BrNO4/c1-13-10-14(2)12-18(11-13)26-21(19-9-4-15(3)30-19)20(23(28)24(26)29)22(27)16-5-7-17(25)8-6-16/h4-12,21,27H,1-3H3/b22-20-. The van der Waals surface area contributed by atoms with Crippen LogP contribution < -0.4 is 4.90 Å². The van der Waals surface area contributed by atoms with Crippen molar-refractivity contribution >= 4 is 39.1 Å². The number of hydrogen-bond donors (Lipinski definition) is 1. The van der Waals surface area contributed by atoms with Crippen molar-refractivity contribution in [2.45, 2.75) is 26.8 Å². The SMILES string of the molecule is Cc1cc(C)cc(N2C(=O)C(=O)/C(=C(\O)c3ccc(Br)cc3)C2c2ccc(C)o2)c1. The molecule has 6 heteroatoms. The number of halogens is 1. The van der Waals surface area contributed by atoms with Crippen LogP contribution in [0.4, 0.5) is 5.69 Å². The number of amides is 1. The third-order valence-corrected chi connectivity index (χ3v) is 5.61. The van der Waals surface area contributed by atoms with Gasteiger partial charge in [0.05, 0.1) is 5.57 Å². The first-order valence-electron chi connectivity index (χ1n) is 9.48. The number of aryl methyl sites for hydroxylation is 3. The minimum absolute atomic E-state index is 0.0100. The van der Waals surface area contributed by atoms with Crippen LogP contribution in [0, 0.1) is 20.8 Å². The predicted octanol–water partition coefficient (Wildman–Crippen LogP) is 5.59. The summed E-state index contributed by atoms with van der Waals surface area (Å²) in [7, 11) is 0. The number of rotatable bonds is 3. The van der Waals surface area contributed by atoms with Crippen molar-refractivity contribution in [2.24, 2.45) is 0 Å². The summed E-state index contributed by atoms with van der Waals surface area (Å²) in [5, 5.41) is 11.0. The summed E-state index contributed by atoms with van der Waals surface area (Å²) in [5.41, 5.74) is 2.98. The Morgan fingerprint density at radius 2 is 1.60 bits per heavy atom. The van der Waals surface area contributed by atoms with Gasteiger partial charge in [0.2, 0.25) is 0 Å². The number of carbonyl (C=O) groups is 2. The second-order valence-electron chi connectivity index (χ2n) is 7.47. The molecule has 1 aliphatic rings. The van der Waals surface area contributed by atoms with Crippen molar-refractivity contribution < 1.29 is 19.1 Å². The zero-order valence-electron chi connectivity index (χ0n) is 16.8. The number of carbonyl (C=O) groups excluding carboxylic acids is 2. The van der Waals surface area contributed by atoms with Crippen LogP contribution in [0.25, 0.3) is 5.76 Å². The van der Waals surface area contributed by atoms with Crippen molar-refractivity contribution in [1.29, 1.82) is 0 Å². The molecular weight excluding hydrogens is 446 g/mol. The van der Waals surface area contributed by atoms with Gasteiger partial charge in [0.25, 0.3) is 11.7 Å². The Hall–Kier alpha value is -3.12. The van der Waals surface area contributed by atoms with Gasteiger partial charge in [-0.3, -0.25) is 14.5 Å². The summed E-state index contributed by atoms with van der Waals surface area (Å²) in [4.78, 5) is 27.6. The van der Waals surface area contributed by atoms with E-state index in [4.69, 9.17) is 4.42 Å². The van der Waals surface area contributed by atoms with E-state index in [0.717, 1.165) is 15.6 Å². The number of aliphatic hydroxyl groups is 1. The molecule has 5 nitrogen and oxygen atoms in total. The van der Waals surface area contributed by atoms with E-state index in [9.17, 15) is 14.7 Å². The Morgan fingerprint density at radius 1 is 0.967 bits per heavy atom. The largest absolute Gasteiger partial charge is 0.507 e. The van der Waals surface area contributed by atoms with Gasteiger partial charge in [0.1, 0.15) is 23.3 Å². The van der Waals surface area contributed by atoms with Crippen molar-refractivity contribution in [3.63, 3.8) is 0 Å². The van der Waals surface area contributed by atoms with Gasteiger partial charge in [-0.25, -0.2) is 0 Å². The third kappa shape index (κ3) is 3.48. The highest BCUT2D eigenvalue weighted by Crippen LogP contribution is 2.43. The Balaban J connectivity index is 1.95. The average Bonchev–Trinajstić information content (AvgIpc) is 3.22. The highest BCUT2D eigenvalue weighted by molar-refractivity contribution is 9.10. The minimum Gasteiger partial charge on any atom is -0.507 e. The minimum atomic E-state index is -0.858. The highest BCUT2D eigenvalue weighted by atomic mass is 79.9. The number of nitrogens with zero attached hydrogens (tertiary/aromatic N) is 1. The molecule has 30 heavy (non-hydrogen) atoms. The first kappa shape index (κ1) is 20.2. The Morgan fingerprint density at radius 3 is 2.17 bits per heavy atom. The normalized spacial score (nSPS) is 18.3. The second-order valence-corrected chi connectivity index (χ2v) is 8.39. The molecule has 2 aromatic carbocycles. The lowest BCUT2D eigenvalue weighted by atomic mass is 9.99. The van der Waals surface area contributed by atoms with E-state index in [1.165, 1.54) is 4.90 Å². The maximum absolute atomic E-state index is 13.1. The van der Waals surface area contributed by atoms with Crippen LogP contribution in [0.2, 0.25) is 0 Å². The van der Waals surface area contributed by atoms with Crippen LogP contribution in [-0.2, 0) is 9.59 Å². The van der Waals surface area contributed by atoms with Gasteiger partial charge in [-0.05, 0) is 68.3 Å². The number of furan rings is 1. The van der Waals surface area contributed by atoms with E-state index >= 15 is 0 Å². The third-order valence-electron chi connectivity index (χ3n) is 5.08. The van der Waals surface area contributed by atoms with Crippen molar-refractivity contribution in [3.8, 4) is 0 Å². The van der Waals surface area contributed by atoms with Gasteiger partial charge >= 0.3 is 0 Å². The molecule has 4 rings (SSSR count). The van der Waals surface area contributed by atoms with E-state index < -0.39 is 17.7 Å². The maximum Gasteiger partial charge on any atom is 0.300 e. The molecule has 0 saturated carbocycles. The van der Waals surface area contributed by atoms with Crippen LogP contribution >= 0.6 is 15.9 Å². The fraction of sp³-hybridized carbons (Fsp3) is 0.167. The number of Topliss-reactive ketones (excluding diaryl/α,β-unsaturated/α-hetero) is 1. The first-order valence-corrected chi connectivity index (χ1v) is 10.3. The quantitative estimate of drug-likeness (QED) is 0.310. The van der Waals surface area contributed by atoms with Crippen molar-refractivity contribution in [2.75, 3.05) is 4.90 Å². The molecule has 1 aliphatic heterocycles. The van der Waals surface area contributed by atoms with Crippen LogP contribution in [-0.4, -0.2) is 16.8 Å². The van der Waals surface area contributed by atoms with E-state index in [2.05, 4.69) is 15.9 Å². The topological polar surface area (TPSA) is 70.8 Å². The predicted molar refractivity (Wildman–Crippen MR) is 118 cm³/mol. The molecule has 1 saturated heterocycles. The summed E-state index contributed by atoms with van der Waals surface area (Å²) in [6.07, 6.45) is 0. The molecule has 0 radical (unpaired) electrons. The molecular formula is C24H20BrNO4. The van der Waals surface area contributed by atoms with Gasteiger partial charge < -0.3 is 9.52 Å². The van der Waals surface area contributed by atoms with E-state index in [0.29, 0.717) is 22.8 Å². The van der Waals surface area contributed by atoms with Crippen LogP contribution in [0.15, 0.2) is 69.1 Å². The number of benzene rings is 2. The van der Waals surface area contributed by atoms with Gasteiger partial charge in [0, 0.05) is 15.7 Å². The fourth-order valence-corrected chi connectivity index (χ4v) is 4.09. The summed E-state index contributed by atoms with van der Waals surface area (Å²) < 4.78 is 6.65. The second kappa shape index (κ2) is 7.61. The molecule has 1 amide bonds. The van der Waals surface area contributed by atoms with E-state index in [-0.39, 0.29) is 11.3 Å². The monoisotopic (exact) mass is 465 g/mol. The van der Waals surface area contributed by atoms with Gasteiger partial charge in [0.15, 0.2) is 0 Å². The lowest BCUT2D eigenvalue weighted by Crippen LogP contribution is -2.29. The zero-order valence-corrected chi connectivity index (χ0v) is 18.4. The van der Waals surface area contributed by atoms with Crippen LogP contribution in [0.3, 0.4) is 0 Å². The number of hydrogen-bond acceptors (Lipinski definition) is 4. The van der Waals surface area contributed by atoms with Crippen molar-refractivity contribution in [1.82, 2.24) is 0 Å². The highest BCUT2D eigenvalue weighted by Gasteiger charge is 2.48. The summed E-state index contributed by atoms with van der Waals surface area (Å²) in [6.45, 7) is 5.66. The Bertz CT molecular complexity index is 1170. The molecule has 152 valence electrons. The lowest BCUT2D eigenvalue weighted by molar-refractivity contribution is -0.132. The van der Waals surface area contributed by atoms with Crippen molar-refractivity contribution in [3.05, 3.63) is 92.9 Å². The van der Waals surface area contributed by atoms with Crippen LogP contribution in [0.1, 0.15) is 34.3 Å². The summed E-state index contributed by atoms with van der Waals surface area (Å²) >= 11 is 3.36. The Kier molecular flexibility index (Phi) is 5.12. The molecule has 1 fully saturated rings. The van der Waals surface area contributed by atoms with E-state index in [1.54, 1.807) is 43.3 Å².